The average Bonchev–Trinajstić information content (AvgIpc) is 3.45. The maximum atomic E-state index is 15.2. The normalized spacial score (nSPS) is 24.1. The summed E-state index contributed by atoms with van der Waals surface area (Å²) < 4.78 is 86.8. The molecule has 1 aromatic heterocycles. The van der Waals surface area contributed by atoms with Gasteiger partial charge in [-0.05, 0) is 35.4 Å². The predicted octanol–water partition coefficient (Wildman–Crippen LogP) is 4.42. The molecule has 2 fully saturated rings. The van der Waals surface area contributed by atoms with Crippen molar-refractivity contribution < 1.29 is 46.1 Å². The summed E-state index contributed by atoms with van der Waals surface area (Å²) >= 11 is 14.2. The molecule has 3 heterocycles. The van der Waals surface area contributed by atoms with Crippen molar-refractivity contribution in [3.63, 3.8) is 0 Å². The molecule has 4 atom stereocenters. The van der Waals surface area contributed by atoms with Gasteiger partial charge >= 0.3 is 11.4 Å². The van der Waals surface area contributed by atoms with Crippen molar-refractivity contribution in [1.82, 2.24) is 13.9 Å². The number of amides is 2. The molecule has 11 nitrogen and oxygen atoms in total. The van der Waals surface area contributed by atoms with Crippen LogP contribution in [0.1, 0.15) is 23.9 Å². The third-order valence-electron chi connectivity index (χ3n) is 9.34. The minimum Gasteiger partial charge on any atom is -0.502 e. The number of methoxy groups -OCH3 is 2. The zero-order valence-corrected chi connectivity index (χ0v) is 27.0. The number of aromatic nitrogens is 3. The molecule has 0 spiro atoms. The van der Waals surface area contributed by atoms with Crippen molar-refractivity contribution in [3.05, 3.63) is 110 Å². The van der Waals surface area contributed by atoms with E-state index in [9.17, 15) is 37.5 Å². The monoisotopic (exact) mass is 738 g/mol. The molecule has 50 heavy (non-hydrogen) atoms. The van der Waals surface area contributed by atoms with Crippen LogP contribution in [0.2, 0.25) is 0 Å². The van der Waals surface area contributed by atoms with E-state index in [0.29, 0.717) is 0 Å². The number of phenolic OH excluding ortho intramolecular Hbond substituents is 1. The first-order valence-corrected chi connectivity index (χ1v) is 15.3. The molecular formula is C32H21Cl2F5N4O7. The summed E-state index contributed by atoms with van der Waals surface area (Å²) in [5.74, 6) is -18.4. The van der Waals surface area contributed by atoms with Crippen molar-refractivity contribution in [3.8, 4) is 22.9 Å². The highest BCUT2D eigenvalue weighted by atomic mass is 35.5. The number of hydrogen-bond acceptors (Lipinski definition) is 7. The molecular weight excluding hydrogens is 718 g/mol. The number of imide groups is 1. The molecule has 3 aromatic carbocycles. The van der Waals surface area contributed by atoms with Gasteiger partial charge in [-0.15, -0.1) is 23.2 Å². The molecule has 0 bridgehead atoms. The van der Waals surface area contributed by atoms with Crippen LogP contribution in [0.4, 0.5) is 27.6 Å². The van der Waals surface area contributed by atoms with Crippen molar-refractivity contribution in [1.29, 1.82) is 0 Å². The van der Waals surface area contributed by atoms with Gasteiger partial charge in [0.15, 0.2) is 44.5 Å². The third-order valence-corrected chi connectivity index (χ3v) is 10.8. The molecule has 4 aromatic rings. The van der Waals surface area contributed by atoms with Gasteiger partial charge in [0, 0.05) is 12.3 Å². The second-order valence-corrected chi connectivity index (χ2v) is 12.9. The Morgan fingerprint density at radius 3 is 1.94 bits per heavy atom. The number of phenols is 1. The molecule has 1 saturated heterocycles. The van der Waals surface area contributed by atoms with Crippen LogP contribution in [-0.4, -0.2) is 54.8 Å². The van der Waals surface area contributed by atoms with Gasteiger partial charge in [-0.1, -0.05) is 24.3 Å². The summed E-state index contributed by atoms with van der Waals surface area (Å²) in [5, 5.41) is 10.7. The average molecular weight is 739 g/mol. The second kappa shape index (κ2) is 11.2. The number of aromatic hydroxyl groups is 1. The molecule has 18 heteroatoms. The van der Waals surface area contributed by atoms with Gasteiger partial charge in [-0.25, -0.2) is 50.4 Å². The molecule has 2 amide bonds. The molecule has 1 saturated carbocycles. The van der Waals surface area contributed by atoms with E-state index in [-0.39, 0.29) is 39.8 Å². The summed E-state index contributed by atoms with van der Waals surface area (Å²) in [6, 6.07) is 8.86. The molecule has 2 aliphatic heterocycles. The lowest BCUT2D eigenvalue weighted by molar-refractivity contribution is -0.122. The molecule has 1 N–H and O–H groups in total. The second-order valence-electron chi connectivity index (χ2n) is 11.7. The maximum absolute atomic E-state index is 15.2. The van der Waals surface area contributed by atoms with Crippen molar-refractivity contribution in [2.24, 2.45) is 0 Å². The first kappa shape index (κ1) is 33.4. The molecule has 260 valence electrons. The Bertz CT molecular complexity index is 2270. The summed E-state index contributed by atoms with van der Waals surface area (Å²) in [5.41, 5.74) is -3.34. The van der Waals surface area contributed by atoms with Crippen molar-refractivity contribution in [2.75, 3.05) is 19.1 Å². The van der Waals surface area contributed by atoms with Crippen LogP contribution in [0.15, 0.2) is 63.7 Å². The van der Waals surface area contributed by atoms with Crippen molar-refractivity contribution >= 4 is 40.7 Å². The van der Waals surface area contributed by atoms with Gasteiger partial charge in [0.25, 0.3) is 11.8 Å². The largest absolute Gasteiger partial charge is 0.502 e. The Hall–Kier alpha value is -5.09. The van der Waals surface area contributed by atoms with Gasteiger partial charge in [-0.2, -0.15) is 0 Å². The predicted molar refractivity (Wildman–Crippen MR) is 166 cm³/mol. The Kier molecular flexibility index (Phi) is 7.49. The first-order valence-electron chi connectivity index (χ1n) is 14.6. The number of ether oxygens (including phenoxy) is 2. The number of hydrogen-bond donors (Lipinski definition) is 1. The van der Waals surface area contributed by atoms with E-state index in [1.165, 1.54) is 44.6 Å². The summed E-state index contributed by atoms with van der Waals surface area (Å²) in [6.45, 7) is -0.283. The number of anilines is 1. The van der Waals surface area contributed by atoms with E-state index >= 15 is 8.78 Å². The number of rotatable bonds is 5. The van der Waals surface area contributed by atoms with Crippen LogP contribution >= 0.6 is 23.2 Å². The fourth-order valence-corrected chi connectivity index (χ4v) is 8.00. The number of alkyl halides is 2. The fraction of sp³-hybridized carbons (Fsp3) is 0.250. The number of fused-ring (bicyclic) bond motifs is 4. The highest BCUT2D eigenvalue weighted by molar-refractivity contribution is 6.58. The van der Waals surface area contributed by atoms with Gasteiger partial charge < -0.3 is 14.6 Å². The van der Waals surface area contributed by atoms with E-state index in [4.69, 9.17) is 32.7 Å². The van der Waals surface area contributed by atoms with Crippen LogP contribution in [0.3, 0.4) is 0 Å². The highest BCUT2D eigenvalue weighted by Crippen LogP contribution is 2.64. The zero-order chi connectivity index (χ0) is 36.2. The van der Waals surface area contributed by atoms with Crippen LogP contribution in [0.5, 0.6) is 17.2 Å². The van der Waals surface area contributed by atoms with Gasteiger partial charge in [-0.3, -0.25) is 9.59 Å². The smallest absolute Gasteiger partial charge is 0.352 e. The fourth-order valence-electron chi connectivity index (χ4n) is 7.08. The number of benzene rings is 3. The summed E-state index contributed by atoms with van der Waals surface area (Å²) in [7, 11) is 2.37. The quantitative estimate of drug-likeness (QED) is 0.0804. The lowest BCUT2D eigenvalue weighted by Gasteiger charge is -2.49. The molecule has 1 aliphatic carbocycles. The number of halogens is 7. The summed E-state index contributed by atoms with van der Waals surface area (Å²) in [4.78, 5) is 50.5. The van der Waals surface area contributed by atoms with Crippen molar-refractivity contribution in [2.45, 2.75) is 34.7 Å². The van der Waals surface area contributed by atoms with Crippen LogP contribution in [0.25, 0.3) is 5.69 Å². The van der Waals surface area contributed by atoms with E-state index in [0.717, 1.165) is 13.9 Å². The number of carbonyl (C=O) groups excluding carboxylic acids is 2. The Morgan fingerprint density at radius 2 is 1.38 bits per heavy atom. The number of nitrogens with zero attached hydrogens (tertiary/aromatic N) is 4. The molecule has 0 radical (unpaired) electrons. The van der Waals surface area contributed by atoms with E-state index in [1.807, 2.05) is 0 Å². The number of para-hydroxylation sites is 1. The van der Waals surface area contributed by atoms with Crippen LogP contribution in [-0.2, 0) is 16.1 Å². The van der Waals surface area contributed by atoms with Gasteiger partial charge in [0.1, 0.15) is 5.69 Å². The lowest BCUT2D eigenvalue weighted by Crippen LogP contribution is -2.59. The Morgan fingerprint density at radius 1 is 0.820 bits per heavy atom. The topological polar surface area (TPSA) is 125 Å². The minimum absolute atomic E-state index is 0.0424. The lowest BCUT2D eigenvalue weighted by atomic mass is 9.64. The highest BCUT2D eigenvalue weighted by Gasteiger charge is 2.76. The first-order chi connectivity index (χ1) is 23.6. The molecule has 7 rings (SSSR count). The molecule has 4 unspecified atom stereocenters. The third kappa shape index (κ3) is 4.08. The van der Waals surface area contributed by atoms with Crippen LogP contribution < -0.4 is 25.8 Å². The number of carbonyl (C=O) groups is 2. The van der Waals surface area contributed by atoms with E-state index < -0.39 is 91.8 Å². The van der Waals surface area contributed by atoms with Gasteiger partial charge in [0.2, 0.25) is 11.6 Å². The SMILES string of the molecule is COc1cc(C2C3=CCn4c(=O)n(-c5ccccc5)c(=O)n4C3CC3(Cl)C(=O)N(c4c(F)c(F)c(F)c(F)c4F)C(=O)C23Cl)cc(OC)c1O. The Balaban J connectivity index is 1.53. The molecule has 3 aliphatic rings. The summed E-state index contributed by atoms with van der Waals surface area (Å²) in [6.07, 6.45) is 0.665. The zero-order valence-electron chi connectivity index (χ0n) is 25.5. The van der Waals surface area contributed by atoms with E-state index in [2.05, 4.69) is 0 Å². The van der Waals surface area contributed by atoms with Gasteiger partial charge in [0.05, 0.1) is 32.5 Å². The number of allylic oxidation sites excluding steroid dienone is 2. The Labute approximate surface area is 286 Å². The standard InChI is InChI=1S/C32H21Cl2F5N4O7/c1-49-17-10-13(11-18(50-2)26(17)44)19-15-8-9-40-29(47)41(14-6-4-3-5-7-14)30(48)43(40)16(15)12-31(33)27(45)42(28(46)32(19,31)34)25-23(38)21(36)20(35)22(37)24(25)39/h3-8,10-11,16,19,44H,9,12H2,1-2H3. The van der Waals surface area contributed by atoms with Crippen LogP contribution in [0, 0.1) is 29.1 Å². The minimum atomic E-state index is -2.80. The van der Waals surface area contributed by atoms with E-state index in [1.54, 1.807) is 18.2 Å². The maximum Gasteiger partial charge on any atom is 0.352 e.